The second-order valence-corrected chi connectivity index (χ2v) is 7.01. The molecular formula is C11H21NO2S. The minimum Gasteiger partial charge on any atom is -0.212 e. The van der Waals surface area contributed by atoms with Crippen LogP contribution in [0.4, 0.5) is 0 Å². The highest BCUT2D eigenvalue weighted by Crippen LogP contribution is 2.33. The van der Waals surface area contributed by atoms with Crippen LogP contribution in [0.15, 0.2) is 0 Å². The SMILES string of the molecule is C[C@H]1CCC(C2CCCCC2)S(=O)(=O)N1. The Hall–Kier alpha value is -0.0900. The average molecular weight is 231 g/mol. The van der Waals surface area contributed by atoms with Crippen LogP contribution in [0.3, 0.4) is 0 Å². The molecule has 1 aliphatic carbocycles. The fraction of sp³-hybridized carbons (Fsp3) is 1.00. The topological polar surface area (TPSA) is 46.2 Å². The molecule has 0 spiro atoms. The predicted molar refractivity (Wildman–Crippen MR) is 61.1 cm³/mol. The molecule has 2 atom stereocenters. The van der Waals surface area contributed by atoms with E-state index in [-0.39, 0.29) is 11.3 Å². The van der Waals surface area contributed by atoms with Gasteiger partial charge in [-0.1, -0.05) is 19.3 Å². The largest absolute Gasteiger partial charge is 0.214 e. The molecule has 15 heavy (non-hydrogen) atoms. The summed E-state index contributed by atoms with van der Waals surface area (Å²) in [6.45, 7) is 1.95. The van der Waals surface area contributed by atoms with Crippen LogP contribution in [0.5, 0.6) is 0 Å². The Balaban J connectivity index is 2.07. The first-order valence-electron chi connectivity index (χ1n) is 6.11. The van der Waals surface area contributed by atoms with E-state index in [4.69, 9.17) is 0 Å². The summed E-state index contributed by atoms with van der Waals surface area (Å²) in [5, 5.41) is -0.103. The van der Waals surface area contributed by atoms with Crippen molar-refractivity contribution in [2.45, 2.75) is 63.2 Å². The van der Waals surface area contributed by atoms with E-state index in [9.17, 15) is 8.42 Å². The first kappa shape index (κ1) is 11.4. The van der Waals surface area contributed by atoms with Crippen molar-refractivity contribution in [1.82, 2.24) is 4.72 Å². The van der Waals surface area contributed by atoms with Gasteiger partial charge in [-0.05, 0) is 38.5 Å². The van der Waals surface area contributed by atoms with E-state index in [0.717, 1.165) is 25.7 Å². The molecule has 0 aromatic carbocycles. The van der Waals surface area contributed by atoms with Crippen LogP contribution in [0.25, 0.3) is 0 Å². The van der Waals surface area contributed by atoms with Crippen molar-refractivity contribution >= 4 is 10.0 Å². The molecule has 1 saturated carbocycles. The predicted octanol–water partition coefficient (Wildman–Crippen LogP) is 2.04. The van der Waals surface area contributed by atoms with Gasteiger partial charge >= 0.3 is 0 Å². The number of rotatable bonds is 1. The molecule has 0 bridgehead atoms. The van der Waals surface area contributed by atoms with Gasteiger partial charge in [-0.15, -0.1) is 0 Å². The zero-order chi connectivity index (χ0) is 10.9. The van der Waals surface area contributed by atoms with Crippen LogP contribution in [0.1, 0.15) is 51.9 Å². The van der Waals surface area contributed by atoms with Crippen molar-refractivity contribution in [3.05, 3.63) is 0 Å². The van der Waals surface area contributed by atoms with Gasteiger partial charge in [0.2, 0.25) is 10.0 Å². The lowest BCUT2D eigenvalue weighted by Crippen LogP contribution is -2.48. The zero-order valence-corrected chi connectivity index (χ0v) is 10.2. The van der Waals surface area contributed by atoms with Gasteiger partial charge in [-0.2, -0.15) is 0 Å². The third-order valence-corrected chi connectivity index (χ3v) is 5.97. The van der Waals surface area contributed by atoms with E-state index in [1.165, 1.54) is 19.3 Å². The maximum absolute atomic E-state index is 12.0. The Morgan fingerprint density at radius 1 is 1.00 bits per heavy atom. The van der Waals surface area contributed by atoms with Gasteiger partial charge in [0.1, 0.15) is 0 Å². The van der Waals surface area contributed by atoms with Gasteiger partial charge < -0.3 is 0 Å². The third-order valence-electron chi connectivity index (χ3n) is 3.82. The molecule has 4 heteroatoms. The van der Waals surface area contributed by atoms with Gasteiger partial charge in [0.15, 0.2) is 0 Å². The first-order chi connectivity index (χ1) is 7.09. The van der Waals surface area contributed by atoms with E-state index >= 15 is 0 Å². The van der Waals surface area contributed by atoms with Gasteiger partial charge in [-0.25, -0.2) is 13.1 Å². The molecule has 2 rings (SSSR count). The molecule has 0 amide bonds. The van der Waals surface area contributed by atoms with Crippen molar-refractivity contribution < 1.29 is 8.42 Å². The van der Waals surface area contributed by atoms with Crippen molar-refractivity contribution in [3.8, 4) is 0 Å². The fourth-order valence-corrected chi connectivity index (χ4v) is 5.07. The van der Waals surface area contributed by atoms with E-state index in [1.54, 1.807) is 0 Å². The lowest BCUT2D eigenvalue weighted by molar-refractivity contribution is 0.313. The maximum Gasteiger partial charge on any atom is 0.214 e. The van der Waals surface area contributed by atoms with Crippen LogP contribution in [0.2, 0.25) is 0 Å². The summed E-state index contributed by atoms with van der Waals surface area (Å²) in [7, 11) is -3.02. The van der Waals surface area contributed by atoms with Crippen LogP contribution >= 0.6 is 0 Å². The molecule has 1 heterocycles. The van der Waals surface area contributed by atoms with Gasteiger partial charge in [0, 0.05) is 6.04 Å². The number of hydrogen-bond acceptors (Lipinski definition) is 2. The lowest BCUT2D eigenvalue weighted by Gasteiger charge is -2.34. The number of nitrogens with one attached hydrogen (secondary N) is 1. The molecule has 0 radical (unpaired) electrons. The van der Waals surface area contributed by atoms with Gasteiger partial charge in [0.05, 0.1) is 5.25 Å². The highest BCUT2D eigenvalue weighted by atomic mass is 32.2. The second kappa shape index (κ2) is 4.42. The number of sulfonamides is 1. The third kappa shape index (κ3) is 2.53. The standard InChI is InChI=1S/C11H21NO2S/c1-9-7-8-11(15(13,14)12-9)10-5-3-2-4-6-10/h9-12H,2-8H2,1H3/t9-,11?/m0/s1. The van der Waals surface area contributed by atoms with E-state index in [2.05, 4.69) is 4.72 Å². The molecule has 0 aromatic heterocycles. The van der Waals surface area contributed by atoms with E-state index < -0.39 is 10.0 Å². The zero-order valence-electron chi connectivity index (χ0n) is 9.41. The monoisotopic (exact) mass is 231 g/mol. The molecule has 1 N–H and O–H groups in total. The summed E-state index contributed by atoms with van der Waals surface area (Å²) in [6, 6.07) is 0.134. The summed E-state index contributed by atoms with van der Waals surface area (Å²) in [4.78, 5) is 0. The van der Waals surface area contributed by atoms with Crippen molar-refractivity contribution in [1.29, 1.82) is 0 Å². The average Bonchev–Trinajstić information content (AvgIpc) is 2.17. The summed E-state index contributed by atoms with van der Waals surface area (Å²) < 4.78 is 26.7. The van der Waals surface area contributed by atoms with E-state index in [0.29, 0.717) is 5.92 Å². The van der Waals surface area contributed by atoms with Crippen molar-refractivity contribution in [2.24, 2.45) is 5.92 Å². The summed E-state index contributed by atoms with van der Waals surface area (Å²) in [5.74, 6) is 0.420. The second-order valence-electron chi connectivity index (χ2n) is 5.08. The molecule has 1 unspecified atom stereocenters. The number of hydrogen-bond donors (Lipinski definition) is 1. The molecule has 2 fully saturated rings. The van der Waals surface area contributed by atoms with Crippen molar-refractivity contribution in [2.75, 3.05) is 0 Å². The highest BCUT2D eigenvalue weighted by Gasteiger charge is 2.37. The summed E-state index contributed by atoms with van der Waals surface area (Å²) in [5.41, 5.74) is 0. The summed E-state index contributed by atoms with van der Waals surface area (Å²) >= 11 is 0. The Morgan fingerprint density at radius 3 is 2.27 bits per heavy atom. The van der Waals surface area contributed by atoms with Crippen LogP contribution < -0.4 is 4.72 Å². The molecule has 3 nitrogen and oxygen atoms in total. The normalized spacial score (nSPS) is 37.7. The Kier molecular flexibility index (Phi) is 3.36. The molecule has 2 aliphatic rings. The molecule has 0 aromatic rings. The van der Waals surface area contributed by atoms with Gasteiger partial charge in [0.25, 0.3) is 0 Å². The Morgan fingerprint density at radius 2 is 1.67 bits per heavy atom. The summed E-state index contributed by atoms with van der Waals surface area (Å²) in [6.07, 6.45) is 7.80. The van der Waals surface area contributed by atoms with Crippen LogP contribution in [0, 0.1) is 5.92 Å². The molecule has 1 saturated heterocycles. The molecule has 88 valence electrons. The quantitative estimate of drug-likeness (QED) is 0.750. The minimum absolute atomic E-state index is 0.103. The Bertz CT molecular complexity index is 307. The van der Waals surface area contributed by atoms with Crippen LogP contribution in [-0.4, -0.2) is 19.7 Å². The first-order valence-corrected chi connectivity index (χ1v) is 7.65. The van der Waals surface area contributed by atoms with Crippen LogP contribution in [-0.2, 0) is 10.0 Å². The Labute approximate surface area is 92.7 Å². The highest BCUT2D eigenvalue weighted by molar-refractivity contribution is 7.90. The van der Waals surface area contributed by atoms with E-state index in [1.807, 2.05) is 6.92 Å². The smallest absolute Gasteiger partial charge is 0.212 e. The fourth-order valence-electron chi connectivity index (χ4n) is 2.99. The lowest BCUT2D eigenvalue weighted by atomic mass is 9.85. The molecular weight excluding hydrogens is 210 g/mol. The van der Waals surface area contributed by atoms with Gasteiger partial charge in [-0.3, -0.25) is 0 Å². The minimum atomic E-state index is -3.02. The van der Waals surface area contributed by atoms with Crippen molar-refractivity contribution in [3.63, 3.8) is 0 Å². The maximum atomic E-state index is 12.0. The molecule has 1 aliphatic heterocycles.